The fraction of sp³-hybridized carbons (Fsp3) is 0.345. The van der Waals surface area contributed by atoms with Gasteiger partial charge in [-0.2, -0.15) is 18.2 Å². The Morgan fingerprint density at radius 1 is 0.756 bits per heavy atom. The van der Waals surface area contributed by atoms with Crippen LogP contribution in [0.4, 0.5) is 36.7 Å². The topological polar surface area (TPSA) is 86.2 Å². The maximum Gasteiger partial charge on any atom is 0.401 e. The van der Waals surface area contributed by atoms with Crippen LogP contribution in [0.3, 0.4) is 0 Å². The lowest BCUT2D eigenvalue weighted by atomic mass is 9.99. The number of rotatable bonds is 7. The molecule has 0 radical (unpaired) electrons. The lowest BCUT2D eigenvalue weighted by Gasteiger charge is -2.34. The molecular weight excluding hydrogens is 531 g/mol. The van der Waals surface area contributed by atoms with Crippen molar-refractivity contribution in [3.05, 3.63) is 89.5 Å². The average Bonchev–Trinajstić information content (AvgIpc) is 2.97. The summed E-state index contributed by atoms with van der Waals surface area (Å²) in [7, 11) is 0. The number of piperazine rings is 1. The largest absolute Gasteiger partial charge is 0.401 e. The number of benzene rings is 2. The van der Waals surface area contributed by atoms with E-state index in [9.17, 15) is 13.2 Å². The summed E-state index contributed by atoms with van der Waals surface area (Å²) in [6.45, 7) is 2.61. The van der Waals surface area contributed by atoms with Crippen LogP contribution in [0.2, 0.25) is 0 Å². The predicted octanol–water partition coefficient (Wildman–Crippen LogP) is 4.24. The van der Waals surface area contributed by atoms with Crippen molar-refractivity contribution in [1.29, 1.82) is 0 Å². The molecule has 0 bridgehead atoms. The smallest absolute Gasteiger partial charge is 0.337 e. The first kappa shape index (κ1) is 26.9. The number of halogens is 3. The molecule has 41 heavy (non-hydrogen) atoms. The Labute approximate surface area is 236 Å². The van der Waals surface area contributed by atoms with Crippen molar-refractivity contribution < 1.29 is 13.2 Å². The van der Waals surface area contributed by atoms with E-state index in [1.165, 1.54) is 16.8 Å². The molecule has 4 aromatic rings. The van der Waals surface area contributed by atoms with Crippen molar-refractivity contribution >= 4 is 23.5 Å². The zero-order valence-corrected chi connectivity index (χ0v) is 22.4. The fourth-order valence-electron chi connectivity index (χ4n) is 5.25. The molecule has 4 heterocycles. The molecule has 12 heteroatoms. The average molecular weight is 562 g/mol. The Balaban J connectivity index is 1.05. The van der Waals surface area contributed by atoms with Crippen LogP contribution in [0.15, 0.2) is 67.3 Å². The zero-order chi connectivity index (χ0) is 28.2. The minimum Gasteiger partial charge on any atom is -0.337 e. The van der Waals surface area contributed by atoms with Gasteiger partial charge in [0.1, 0.15) is 6.33 Å². The number of alkyl halides is 3. The van der Waals surface area contributed by atoms with Gasteiger partial charge in [-0.15, -0.1) is 0 Å². The normalized spacial score (nSPS) is 16.0. The number of anilines is 4. The van der Waals surface area contributed by atoms with Crippen molar-refractivity contribution in [2.75, 3.05) is 54.4 Å². The van der Waals surface area contributed by atoms with E-state index >= 15 is 0 Å². The first-order valence-corrected chi connectivity index (χ1v) is 13.6. The van der Waals surface area contributed by atoms with Crippen LogP contribution in [0, 0.1) is 0 Å². The first-order chi connectivity index (χ1) is 19.9. The summed E-state index contributed by atoms with van der Waals surface area (Å²) in [5.74, 6) is 1.66. The van der Waals surface area contributed by atoms with E-state index in [-0.39, 0.29) is 6.54 Å². The Kier molecular flexibility index (Phi) is 7.64. The minimum absolute atomic E-state index is 0.260. The van der Waals surface area contributed by atoms with Crippen molar-refractivity contribution in [2.24, 2.45) is 0 Å². The molecule has 2 aliphatic rings. The maximum absolute atomic E-state index is 12.9. The fourth-order valence-corrected chi connectivity index (χ4v) is 5.25. The molecule has 0 unspecified atom stereocenters. The second kappa shape index (κ2) is 11.7. The second-order valence-electron chi connectivity index (χ2n) is 10.3. The van der Waals surface area contributed by atoms with Crippen LogP contribution in [-0.4, -0.2) is 75.3 Å². The van der Waals surface area contributed by atoms with Gasteiger partial charge in [-0.25, -0.2) is 19.9 Å². The van der Waals surface area contributed by atoms with Crippen LogP contribution in [-0.2, 0) is 19.4 Å². The molecule has 2 aromatic heterocycles. The number of hydrogen-bond acceptors (Lipinski definition) is 9. The van der Waals surface area contributed by atoms with Crippen LogP contribution in [0.5, 0.6) is 0 Å². The van der Waals surface area contributed by atoms with Gasteiger partial charge in [-0.3, -0.25) is 4.90 Å². The van der Waals surface area contributed by atoms with E-state index in [0.29, 0.717) is 43.9 Å². The molecule has 0 spiro atoms. The Morgan fingerprint density at radius 3 is 2.22 bits per heavy atom. The molecule has 9 nitrogen and oxygen atoms in total. The van der Waals surface area contributed by atoms with Gasteiger partial charge in [-0.05, 0) is 40.8 Å². The molecule has 1 saturated heterocycles. The molecule has 2 aliphatic heterocycles. The minimum atomic E-state index is -4.21. The highest BCUT2D eigenvalue weighted by Crippen LogP contribution is 2.27. The third kappa shape index (κ3) is 6.88. The van der Waals surface area contributed by atoms with E-state index in [0.717, 1.165) is 41.9 Å². The number of fused-ring (bicyclic) bond motifs is 1. The van der Waals surface area contributed by atoms with E-state index in [4.69, 9.17) is 0 Å². The highest BCUT2D eigenvalue weighted by atomic mass is 19.4. The summed E-state index contributed by atoms with van der Waals surface area (Å²) in [4.78, 5) is 28.1. The molecule has 212 valence electrons. The summed E-state index contributed by atoms with van der Waals surface area (Å²) < 4.78 is 38.6. The van der Waals surface area contributed by atoms with Crippen molar-refractivity contribution in [3.8, 4) is 0 Å². The highest BCUT2D eigenvalue weighted by molar-refractivity contribution is 5.57. The molecule has 6 rings (SSSR count). The van der Waals surface area contributed by atoms with Gasteiger partial charge in [0.2, 0.25) is 17.8 Å². The molecule has 1 fully saturated rings. The van der Waals surface area contributed by atoms with E-state index in [1.54, 1.807) is 0 Å². The Hall–Kier alpha value is -4.32. The lowest BCUT2D eigenvalue weighted by Crippen LogP contribution is -2.47. The first-order valence-electron chi connectivity index (χ1n) is 13.6. The zero-order valence-electron chi connectivity index (χ0n) is 22.4. The number of hydrogen-bond donors (Lipinski definition) is 1. The van der Waals surface area contributed by atoms with Gasteiger partial charge in [-0.1, -0.05) is 36.4 Å². The Morgan fingerprint density at radius 2 is 1.49 bits per heavy atom. The van der Waals surface area contributed by atoms with Crippen molar-refractivity contribution in [1.82, 2.24) is 29.8 Å². The molecule has 0 aliphatic carbocycles. The van der Waals surface area contributed by atoms with E-state index in [2.05, 4.69) is 52.2 Å². The summed E-state index contributed by atoms with van der Waals surface area (Å²) in [6.07, 6.45) is 2.43. The third-order valence-corrected chi connectivity index (χ3v) is 7.30. The van der Waals surface area contributed by atoms with Crippen molar-refractivity contribution in [2.45, 2.75) is 25.6 Å². The van der Waals surface area contributed by atoms with Gasteiger partial charge in [0.25, 0.3) is 0 Å². The summed E-state index contributed by atoms with van der Waals surface area (Å²) in [6, 6.07) is 16.0. The summed E-state index contributed by atoms with van der Waals surface area (Å²) >= 11 is 0. The van der Waals surface area contributed by atoms with Gasteiger partial charge < -0.3 is 15.1 Å². The SMILES string of the molecule is FC(F)(F)CN1CCc2ccc(Nc3ncnc(N4CCN(c5ncc(Cc6ccccc6)cn5)CC4)n3)cc2C1. The quantitative estimate of drug-likeness (QED) is 0.356. The summed E-state index contributed by atoms with van der Waals surface area (Å²) in [5, 5.41) is 3.19. The molecule has 1 N–H and O–H groups in total. The van der Waals surface area contributed by atoms with Gasteiger partial charge in [0, 0.05) is 63.8 Å². The number of aromatic nitrogens is 5. The Bertz CT molecular complexity index is 1460. The highest BCUT2D eigenvalue weighted by Gasteiger charge is 2.32. The molecule has 0 saturated carbocycles. The van der Waals surface area contributed by atoms with Crippen molar-refractivity contribution in [3.63, 3.8) is 0 Å². The van der Waals surface area contributed by atoms with Gasteiger partial charge >= 0.3 is 6.18 Å². The van der Waals surface area contributed by atoms with E-state index < -0.39 is 12.7 Å². The lowest BCUT2D eigenvalue weighted by molar-refractivity contribution is -0.147. The molecular formula is C29H30F3N9. The standard InChI is InChI=1S/C29H30F3N9/c30-29(31,32)19-39-9-8-23-6-7-25(15-24(23)18-39)37-26-35-20-36-28(38-26)41-12-10-40(11-13-41)27-33-16-22(17-34-27)14-21-4-2-1-3-5-21/h1-7,15-17,20H,8-14,18-19H2,(H,35,36,37,38). The van der Waals surface area contributed by atoms with Gasteiger partial charge in [0.15, 0.2) is 0 Å². The number of nitrogens with one attached hydrogen (secondary N) is 1. The molecule has 0 amide bonds. The second-order valence-corrected chi connectivity index (χ2v) is 10.3. The van der Waals surface area contributed by atoms with Crippen LogP contribution < -0.4 is 15.1 Å². The molecule has 0 atom stereocenters. The van der Waals surface area contributed by atoms with E-state index in [1.807, 2.05) is 48.8 Å². The third-order valence-electron chi connectivity index (χ3n) is 7.30. The van der Waals surface area contributed by atoms with Crippen LogP contribution in [0.25, 0.3) is 0 Å². The van der Waals surface area contributed by atoms with Crippen LogP contribution in [0.1, 0.15) is 22.3 Å². The number of nitrogens with zero attached hydrogens (tertiary/aromatic N) is 8. The molecule has 2 aromatic carbocycles. The summed E-state index contributed by atoms with van der Waals surface area (Å²) in [5.41, 5.74) is 4.97. The predicted molar refractivity (Wildman–Crippen MR) is 150 cm³/mol. The monoisotopic (exact) mass is 561 g/mol. The maximum atomic E-state index is 12.9. The van der Waals surface area contributed by atoms with Crippen LogP contribution >= 0.6 is 0 Å². The van der Waals surface area contributed by atoms with Gasteiger partial charge in [0.05, 0.1) is 6.54 Å².